The number of hydrogen-bond acceptors (Lipinski definition) is 6. The van der Waals surface area contributed by atoms with Crippen LogP contribution >= 0.6 is 47.8 Å². The fourth-order valence-corrected chi connectivity index (χ4v) is 5.83. The molecule has 3 aromatic rings. The van der Waals surface area contributed by atoms with Gasteiger partial charge in [-0.2, -0.15) is 17.2 Å². The standard InChI is InChI=1S/C21H13Br3F2O7S/c1-10(21(25,26)34(29,30)31)32-19(27)14-6-2-5-13-12(14)4-3-7-15(13)20(28)33-18-16(23)8-11(22)9-17(18)24/h2-10H,1H3,(H,29,30,31). The highest BCUT2D eigenvalue weighted by atomic mass is 79.9. The van der Waals surface area contributed by atoms with E-state index < -0.39 is 33.4 Å². The van der Waals surface area contributed by atoms with Gasteiger partial charge in [-0.25, -0.2) is 9.59 Å². The Balaban J connectivity index is 1.97. The summed E-state index contributed by atoms with van der Waals surface area (Å²) in [6, 6.07) is 11.9. The minimum absolute atomic E-state index is 0.0742. The SMILES string of the molecule is CC(OC(=O)c1cccc2c(C(=O)Oc3c(Br)cc(Br)cc3Br)cccc12)C(F)(F)S(=O)(=O)O. The average molecular weight is 687 g/mol. The van der Waals surface area contributed by atoms with Crippen molar-refractivity contribution in [3.8, 4) is 5.75 Å². The first-order valence-electron chi connectivity index (χ1n) is 9.18. The molecule has 0 heterocycles. The van der Waals surface area contributed by atoms with Crippen molar-refractivity contribution in [1.82, 2.24) is 0 Å². The number of alkyl halides is 2. The lowest BCUT2D eigenvalue weighted by molar-refractivity contribution is -0.0548. The number of carbonyl (C=O) groups is 2. The Morgan fingerprint density at radius 1 is 0.941 bits per heavy atom. The molecule has 1 atom stereocenters. The predicted molar refractivity (Wildman–Crippen MR) is 130 cm³/mol. The molecule has 0 radical (unpaired) electrons. The van der Waals surface area contributed by atoms with Crippen LogP contribution in [0.4, 0.5) is 8.78 Å². The molecule has 0 amide bonds. The zero-order valence-electron chi connectivity index (χ0n) is 16.9. The molecule has 34 heavy (non-hydrogen) atoms. The summed E-state index contributed by atoms with van der Waals surface area (Å²) >= 11 is 9.94. The van der Waals surface area contributed by atoms with Gasteiger partial charge in [0.25, 0.3) is 0 Å². The zero-order valence-corrected chi connectivity index (χ0v) is 22.5. The van der Waals surface area contributed by atoms with Gasteiger partial charge in [0.2, 0.25) is 0 Å². The summed E-state index contributed by atoms with van der Waals surface area (Å²) in [4.78, 5) is 25.5. The minimum atomic E-state index is -5.81. The van der Waals surface area contributed by atoms with Crippen LogP contribution in [0, 0.1) is 0 Å². The first kappa shape index (κ1) is 26.7. The van der Waals surface area contributed by atoms with E-state index in [1.54, 1.807) is 12.1 Å². The molecule has 0 bridgehead atoms. The van der Waals surface area contributed by atoms with E-state index in [2.05, 4.69) is 52.5 Å². The maximum absolute atomic E-state index is 13.8. The van der Waals surface area contributed by atoms with Crippen LogP contribution in [-0.4, -0.2) is 36.3 Å². The number of benzene rings is 3. The maximum atomic E-state index is 13.8. The Kier molecular flexibility index (Phi) is 7.82. The third-order valence-corrected chi connectivity index (χ3v) is 7.28. The fourth-order valence-electron chi connectivity index (χ4n) is 2.94. The van der Waals surface area contributed by atoms with Crippen molar-refractivity contribution in [2.24, 2.45) is 0 Å². The number of esters is 2. The number of hydrogen-bond donors (Lipinski definition) is 1. The summed E-state index contributed by atoms with van der Waals surface area (Å²) in [5, 5.41) is -4.27. The molecule has 0 spiro atoms. The molecule has 180 valence electrons. The summed E-state index contributed by atoms with van der Waals surface area (Å²) in [5.74, 6) is -1.82. The molecule has 0 aliphatic rings. The molecule has 0 fully saturated rings. The number of carbonyl (C=O) groups excluding carboxylic acids is 2. The van der Waals surface area contributed by atoms with Gasteiger partial charge in [-0.1, -0.05) is 40.2 Å². The molecule has 0 saturated carbocycles. The summed E-state index contributed by atoms with van der Waals surface area (Å²) in [7, 11) is -5.81. The van der Waals surface area contributed by atoms with E-state index in [1.807, 2.05) is 0 Å². The monoisotopic (exact) mass is 684 g/mol. The van der Waals surface area contributed by atoms with Gasteiger partial charge in [-0.05, 0) is 73.8 Å². The van der Waals surface area contributed by atoms with Crippen molar-refractivity contribution >= 4 is 80.6 Å². The first-order chi connectivity index (χ1) is 15.7. The highest BCUT2D eigenvalue weighted by Crippen LogP contribution is 2.37. The fraction of sp³-hybridized carbons (Fsp3) is 0.143. The maximum Gasteiger partial charge on any atom is 0.405 e. The van der Waals surface area contributed by atoms with Gasteiger partial charge < -0.3 is 9.47 Å². The molecule has 7 nitrogen and oxygen atoms in total. The van der Waals surface area contributed by atoms with Gasteiger partial charge >= 0.3 is 27.3 Å². The van der Waals surface area contributed by atoms with Crippen LogP contribution in [0.3, 0.4) is 0 Å². The second-order valence-electron chi connectivity index (χ2n) is 6.88. The van der Waals surface area contributed by atoms with E-state index in [4.69, 9.17) is 9.29 Å². The van der Waals surface area contributed by atoms with E-state index in [1.165, 1.54) is 36.4 Å². The molecule has 1 unspecified atom stereocenters. The number of fused-ring (bicyclic) bond motifs is 1. The summed E-state index contributed by atoms with van der Waals surface area (Å²) < 4.78 is 70.0. The average Bonchev–Trinajstić information content (AvgIpc) is 2.74. The van der Waals surface area contributed by atoms with E-state index in [9.17, 15) is 26.8 Å². The molecule has 1 N–H and O–H groups in total. The number of ether oxygens (including phenoxy) is 2. The number of halogens is 5. The van der Waals surface area contributed by atoms with Crippen molar-refractivity contribution in [3.63, 3.8) is 0 Å². The lowest BCUT2D eigenvalue weighted by Gasteiger charge is -2.21. The van der Waals surface area contributed by atoms with Crippen LogP contribution in [0.1, 0.15) is 27.6 Å². The molecule has 3 aromatic carbocycles. The molecular formula is C21H13Br3F2O7S. The smallest absolute Gasteiger partial charge is 0.405 e. The van der Waals surface area contributed by atoms with Gasteiger partial charge in [0.05, 0.1) is 20.1 Å². The van der Waals surface area contributed by atoms with E-state index in [0.29, 0.717) is 15.9 Å². The molecule has 0 aliphatic carbocycles. The zero-order chi connectivity index (χ0) is 25.4. The topological polar surface area (TPSA) is 107 Å². The normalized spacial score (nSPS) is 12.9. The van der Waals surface area contributed by atoms with Crippen LogP contribution in [0.25, 0.3) is 10.8 Å². The minimum Gasteiger partial charge on any atom is -0.451 e. The van der Waals surface area contributed by atoms with Crippen molar-refractivity contribution in [3.05, 3.63) is 73.1 Å². The lowest BCUT2D eigenvalue weighted by atomic mass is 10.00. The van der Waals surface area contributed by atoms with E-state index >= 15 is 0 Å². The molecule has 0 aromatic heterocycles. The Hall–Kier alpha value is -1.93. The molecule has 3 rings (SSSR count). The quantitative estimate of drug-likeness (QED) is 0.182. The van der Waals surface area contributed by atoms with Crippen molar-refractivity contribution in [2.75, 3.05) is 0 Å². The molecule has 13 heteroatoms. The van der Waals surface area contributed by atoms with E-state index in [-0.39, 0.29) is 27.6 Å². The summed E-state index contributed by atoms with van der Waals surface area (Å²) in [6.45, 7) is 0.632. The third-order valence-electron chi connectivity index (χ3n) is 4.62. The van der Waals surface area contributed by atoms with Gasteiger partial charge in [0.15, 0.2) is 11.9 Å². The Bertz CT molecular complexity index is 1390. The predicted octanol–water partition coefficient (Wildman–Crippen LogP) is 6.37. The van der Waals surface area contributed by atoms with E-state index in [0.717, 1.165) is 4.47 Å². The van der Waals surface area contributed by atoms with Crippen molar-refractivity contribution < 1.29 is 40.8 Å². The molecule has 0 saturated heterocycles. The Labute approximate surface area is 217 Å². The molecular weight excluding hydrogens is 674 g/mol. The van der Waals surface area contributed by atoms with Gasteiger partial charge in [0.1, 0.15) is 0 Å². The second-order valence-corrected chi connectivity index (χ2v) is 11.0. The Morgan fingerprint density at radius 2 is 1.41 bits per heavy atom. The van der Waals surface area contributed by atoms with Gasteiger partial charge in [-0.15, -0.1) is 0 Å². The van der Waals surface area contributed by atoms with Crippen molar-refractivity contribution in [1.29, 1.82) is 0 Å². The second kappa shape index (κ2) is 9.97. The van der Waals surface area contributed by atoms with Crippen LogP contribution in [0.2, 0.25) is 0 Å². The summed E-state index contributed by atoms with van der Waals surface area (Å²) in [6.07, 6.45) is -2.48. The first-order valence-corrected chi connectivity index (χ1v) is 13.0. The number of rotatable bonds is 6. The highest BCUT2D eigenvalue weighted by Gasteiger charge is 2.52. The largest absolute Gasteiger partial charge is 0.451 e. The van der Waals surface area contributed by atoms with Gasteiger partial charge in [0, 0.05) is 4.47 Å². The Morgan fingerprint density at radius 3 is 1.88 bits per heavy atom. The van der Waals surface area contributed by atoms with Crippen LogP contribution in [0.15, 0.2) is 61.9 Å². The lowest BCUT2D eigenvalue weighted by Crippen LogP contribution is -2.42. The summed E-state index contributed by atoms with van der Waals surface area (Å²) in [5.41, 5.74) is -0.124. The van der Waals surface area contributed by atoms with Crippen LogP contribution in [0.5, 0.6) is 5.75 Å². The van der Waals surface area contributed by atoms with Crippen LogP contribution < -0.4 is 4.74 Å². The third kappa shape index (κ3) is 5.33. The van der Waals surface area contributed by atoms with Crippen molar-refractivity contribution in [2.45, 2.75) is 18.3 Å². The van der Waals surface area contributed by atoms with Gasteiger partial charge in [-0.3, -0.25) is 4.55 Å². The highest BCUT2D eigenvalue weighted by molar-refractivity contribution is 9.11. The molecule has 0 aliphatic heterocycles. The van der Waals surface area contributed by atoms with Crippen LogP contribution in [-0.2, 0) is 14.9 Å².